The van der Waals surface area contributed by atoms with E-state index >= 15 is 0 Å². The lowest BCUT2D eigenvalue weighted by Crippen LogP contribution is -2.41. The molecule has 2 nitrogen and oxygen atoms in total. The lowest BCUT2D eigenvalue weighted by Gasteiger charge is -2.29. The summed E-state index contributed by atoms with van der Waals surface area (Å²) in [6.07, 6.45) is 6.99. The SMILES string of the molecule is CSCc1ccc(C(=O)N[C@@H]2CCCC[C@@H]2C)cc1. The molecule has 104 valence electrons. The van der Waals surface area contributed by atoms with Crippen molar-refractivity contribution >= 4 is 17.7 Å². The van der Waals surface area contributed by atoms with Crippen LogP contribution in [0.2, 0.25) is 0 Å². The number of carbonyl (C=O) groups excluding carboxylic acids is 1. The van der Waals surface area contributed by atoms with Crippen LogP contribution < -0.4 is 5.32 Å². The Morgan fingerprint density at radius 3 is 2.58 bits per heavy atom. The third kappa shape index (κ3) is 4.00. The Morgan fingerprint density at radius 2 is 1.95 bits per heavy atom. The molecule has 1 aliphatic carbocycles. The molecule has 19 heavy (non-hydrogen) atoms. The van der Waals surface area contributed by atoms with Crippen molar-refractivity contribution in [1.82, 2.24) is 5.32 Å². The molecular weight excluding hydrogens is 254 g/mol. The van der Waals surface area contributed by atoms with Crippen LogP contribution in [0, 0.1) is 5.92 Å². The fraction of sp³-hybridized carbons (Fsp3) is 0.562. The largest absolute Gasteiger partial charge is 0.349 e. The molecule has 0 unspecified atom stereocenters. The molecule has 1 aromatic rings. The fourth-order valence-electron chi connectivity index (χ4n) is 2.70. The van der Waals surface area contributed by atoms with E-state index in [0.717, 1.165) is 17.7 Å². The minimum Gasteiger partial charge on any atom is -0.349 e. The highest BCUT2D eigenvalue weighted by molar-refractivity contribution is 7.97. The zero-order chi connectivity index (χ0) is 13.7. The van der Waals surface area contributed by atoms with Gasteiger partial charge in [-0.15, -0.1) is 0 Å². The smallest absolute Gasteiger partial charge is 0.251 e. The Hall–Kier alpha value is -0.960. The minimum atomic E-state index is 0.0782. The molecule has 1 N–H and O–H groups in total. The van der Waals surface area contributed by atoms with Crippen molar-refractivity contribution in [3.8, 4) is 0 Å². The average Bonchev–Trinajstić information content (AvgIpc) is 2.42. The van der Waals surface area contributed by atoms with Gasteiger partial charge in [-0.2, -0.15) is 11.8 Å². The summed E-state index contributed by atoms with van der Waals surface area (Å²) in [6.45, 7) is 2.24. The van der Waals surface area contributed by atoms with Gasteiger partial charge in [-0.25, -0.2) is 0 Å². The Kier molecular flexibility index (Phi) is 5.32. The standard InChI is InChI=1S/C16H23NOS/c1-12-5-3-4-6-15(12)17-16(18)14-9-7-13(8-10-14)11-19-2/h7-10,12,15H,3-6,11H2,1-2H3,(H,17,18)/t12-,15+/m0/s1. The number of thioether (sulfide) groups is 1. The normalized spacial score (nSPS) is 23.1. The molecule has 0 spiro atoms. The maximum atomic E-state index is 12.2. The maximum Gasteiger partial charge on any atom is 0.251 e. The first-order valence-electron chi connectivity index (χ1n) is 7.09. The van der Waals surface area contributed by atoms with E-state index < -0.39 is 0 Å². The van der Waals surface area contributed by atoms with E-state index in [2.05, 4.69) is 30.6 Å². The number of hydrogen-bond donors (Lipinski definition) is 1. The van der Waals surface area contributed by atoms with Crippen LogP contribution in [0.3, 0.4) is 0 Å². The Morgan fingerprint density at radius 1 is 1.26 bits per heavy atom. The summed E-state index contributed by atoms with van der Waals surface area (Å²) in [5.41, 5.74) is 2.05. The molecule has 0 saturated heterocycles. The monoisotopic (exact) mass is 277 g/mol. The number of benzene rings is 1. The summed E-state index contributed by atoms with van der Waals surface area (Å²) >= 11 is 1.80. The van der Waals surface area contributed by atoms with Crippen LogP contribution in [0.15, 0.2) is 24.3 Å². The lowest BCUT2D eigenvalue weighted by molar-refractivity contribution is 0.0910. The van der Waals surface area contributed by atoms with Gasteiger partial charge in [0, 0.05) is 17.4 Å². The molecule has 1 aromatic carbocycles. The third-order valence-corrected chi connectivity index (χ3v) is 4.58. The van der Waals surface area contributed by atoms with Crippen molar-refractivity contribution in [2.45, 2.75) is 44.4 Å². The highest BCUT2D eigenvalue weighted by Gasteiger charge is 2.23. The second kappa shape index (κ2) is 6.99. The van der Waals surface area contributed by atoms with Crippen LogP contribution in [-0.2, 0) is 5.75 Å². The summed E-state index contributed by atoms with van der Waals surface area (Å²) < 4.78 is 0. The van der Waals surface area contributed by atoms with Crippen molar-refractivity contribution in [3.05, 3.63) is 35.4 Å². The molecule has 1 aliphatic rings. The Bertz CT molecular complexity index is 415. The van der Waals surface area contributed by atoms with Crippen molar-refractivity contribution in [2.24, 2.45) is 5.92 Å². The van der Waals surface area contributed by atoms with Crippen LogP contribution in [0.1, 0.15) is 48.5 Å². The molecule has 0 bridgehead atoms. The molecule has 0 heterocycles. The predicted octanol–water partition coefficient (Wildman–Crippen LogP) is 3.86. The van der Waals surface area contributed by atoms with Gasteiger partial charge in [0.2, 0.25) is 0 Å². The van der Waals surface area contributed by atoms with Gasteiger partial charge in [-0.3, -0.25) is 4.79 Å². The molecular formula is C16H23NOS. The van der Waals surface area contributed by atoms with Gasteiger partial charge in [0.1, 0.15) is 0 Å². The quantitative estimate of drug-likeness (QED) is 0.905. The summed E-state index contributed by atoms with van der Waals surface area (Å²) in [4.78, 5) is 12.2. The number of nitrogens with one attached hydrogen (secondary N) is 1. The van der Waals surface area contributed by atoms with Crippen LogP contribution in [-0.4, -0.2) is 18.2 Å². The van der Waals surface area contributed by atoms with E-state index in [4.69, 9.17) is 0 Å². The topological polar surface area (TPSA) is 29.1 Å². The van der Waals surface area contributed by atoms with Gasteiger partial charge in [0.25, 0.3) is 5.91 Å². The highest BCUT2D eigenvalue weighted by atomic mass is 32.2. The molecule has 2 atom stereocenters. The van der Waals surface area contributed by atoms with Crippen LogP contribution in [0.25, 0.3) is 0 Å². The molecule has 2 rings (SSSR count). The van der Waals surface area contributed by atoms with Gasteiger partial charge >= 0.3 is 0 Å². The predicted molar refractivity (Wildman–Crippen MR) is 82.5 cm³/mol. The lowest BCUT2D eigenvalue weighted by atomic mass is 9.86. The van der Waals surface area contributed by atoms with Gasteiger partial charge in [0.15, 0.2) is 0 Å². The van der Waals surface area contributed by atoms with Crippen molar-refractivity contribution in [1.29, 1.82) is 0 Å². The second-order valence-electron chi connectivity index (χ2n) is 5.47. The molecule has 1 amide bonds. The van der Waals surface area contributed by atoms with E-state index in [1.54, 1.807) is 11.8 Å². The van der Waals surface area contributed by atoms with Gasteiger partial charge in [0.05, 0.1) is 0 Å². The van der Waals surface area contributed by atoms with Gasteiger partial charge in [-0.05, 0) is 42.7 Å². The van der Waals surface area contributed by atoms with Crippen LogP contribution >= 0.6 is 11.8 Å². The van der Waals surface area contributed by atoms with E-state index in [0.29, 0.717) is 12.0 Å². The van der Waals surface area contributed by atoms with E-state index in [9.17, 15) is 4.79 Å². The molecule has 1 fully saturated rings. The maximum absolute atomic E-state index is 12.2. The van der Waals surface area contributed by atoms with E-state index in [1.807, 2.05) is 12.1 Å². The number of rotatable bonds is 4. The first-order chi connectivity index (χ1) is 9.20. The minimum absolute atomic E-state index is 0.0782. The van der Waals surface area contributed by atoms with Gasteiger partial charge in [-0.1, -0.05) is 31.9 Å². The molecule has 3 heteroatoms. The van der Waals surface area contributed by atoms with E-state index in [-0.39, 0.29) is 5.91 Å². The second-order valence-corrected chi connectivity index (χ2v) is 6.34. The zero-order valence-corrected chi connectivity index (χ0v) is 12.6. The fourth-order valence-corrected chi connectivity index (χ4v) is 3.23. The summed E-state index contributed by atoms with van der Waals surface area (Å²) in [6, 6.07) is 8.33. The van der Waals surface area contributed by atoms with Gasteiger partial charge < -0.3 is 5.32 Å². The molecule has 0 aromatic heterocycles. The first-order valence-corrected chi connectivity index (χ1v) is 8.49. The highest BCUT2D eigenvalue weighted by Crippen LogP contribution is 2.24. The van der Waals surface area contributed by atoms with Crippen molar-refractivity contribution in [2.75, 3.05) is 6.26 Å². The Labute approximate surface area is 120 Å². The van der Waals surface area contributed by atoms with Crippen molar-refractivity contribution < 1.29 is 4.79 Å². The van der Waals surface area contributed by atoms with Crippen molar-refractivity contribution in [3.63, 3.8) is 0 Å². The summed E-state index contributed by atoms with van der Waals surface area (Å²) in [5.74, 6) is 1.68. The molecule has 0 aliphatic heterocycles. The first kappa shape index (κ1) is 14.4. The van der Waals surface area contributed by atoms with E-state index in [1.165, 1.54) is 24.8 Å². The third-order valence-electron chi connectivity index (χ3n) is 3.96. The van der Waals surface area contributed by atoms with Crippen LogP contribution in [0.4, 0.5) is 0 Å². The Balaban J connectivity index is 1.95. The summed E-state index contributed by atoms with van der Waals surface area (Å²) in [7, 11) is 0. The molecule has 0 radical (unpaired) electrons. The average molecular weight is 277 g/mol. The van der Waals surface area contributed by atoms with Crippen LogP contribution in [0.5, 0.6) is 0 Å². The number of hydrogen-bond acceptors (Lipinski definition) is 2. The zero-order valence-electron chi connectivity index (χ0n) is 11.8. The number of carbonyl (C=O) groups is 1. The number of amides is 1. The summed E-state index contributed by atoms with van der Waals surface area (Å²) in [5, 5.41) is 3.19. The molecule has 1 saturated carbocycles.